The smallest absolute Gasteiger partial charge is 0.0866 e. The molecule has 0 amide bonds. The SMILES string of the molecule is CC[C@@](C)(O)c1cccc(N(C)C)c1. The van der Waals surface area contributed by atoms with Crippen LogP contribution in [0.2, 0.25) is 0 Å². The number of hydrogen-bond donors (Lipinski definition) is 1. The van der Waals surface area contributed by atoms with E-state index >= 15 is 0 Å². The zero-order chi connectivity index (χ0) is 10.8. The fourth-order valence-corrected chi connectivity index (χ4v) is 1.32. The number of hydrogen-bond acceptors (Lipinski definition) is 2. The molecule has 0 radical (unpaired) electrons. The van der Waals surface area contributed by atoms with Gasteiger partial charge in [-0.3, -0.25) is 0 Å². The van der Waals surface area contributed by atoms with Gasteiger partial charge in [0, 0.05) is 19.8 Å². The van der Waals surface area contributed by atoms with E-state index in [0.29, 0.717) is 0 Å². The van der Waals surface area contributed by atoms with E-state index in [1.165, 1.54) is 0 Å². The predicted molar refractivity (Wildman–Crippen MR) is 60.6 cm³/mol. The minimum atomic E-state index is -0.716. The van der Waals surface area contributed by atoms with Crippen molar-refractivity contribution in [3.8, 4) is 0 Å². The van der Waals surface area contributed by atoms with Crippen LogP contribution < -0.4 is 4.90 Å². The molecule has 1 rings (SSSR count). The number of nitrogens with zero attached hydrogens (tertiary/aromatic N) is 1. The highest BCUT2D eigenvalue weighted by Gasteiger charge is 2.20. The molecule has 2 nitrogen and oxygen atoms in total. The van der Waals surface area contributed by atoms with Crippen LogP contribution in [0.25, 0.3) is 0 Å². The molecule has 0 heterocycles. The molecule has 2 heteroatoms. The van der Waals surface area contributed by atoms with E-state index in [-0.39, 0.29) is 0 Å². The van der Waals surface area contributed by atoms with Gasteiger partial charge < -0.3 is 10.0 Å². The van der Waals surface area contributed by atoms with E-state index in [0.717, 1.165) is 17.7 Å². The Kier molecular flexibility index (Phi) is 3.17. The van der Waals surface area contributed by atoms with Crippen LogP contribution in [0.5, 0.6) is 0 Å². The van der Waals surface area contributed by atoms with Crippen molar-refractivity contribution in [1.82, 2.24) is 0 Å². The second-order valence-corrected chi connectivity index (χ2v) is 4.07. The van der Waals surface area contributed by atoms with Crippen LogP contribution in [0.4, 0.5) is 5.69 Å². The quantitative estimate of drug-likeness (QED) is 0.796. The molecule has 0 fully saturated rings. The third-order valence-corrected chi connectivity index (χ3v) is 2.67. The second-order valence-electron chi connectivity index (χ2n) is 4.07. The Morgan fingerprint density at radius 2 is 2.00 bits per heavy atom. The number of anilines is 1. The fraction of sp³-hybridized carbons (Fsp3) is 0.500. The van der Waals surface area contributed by atoms with Crippen LogP contribution >= 0.6 is 0 Å². The van der Waals surface area contributed by atoms with Gasteiger partial charge in [-0.15, -0.1) is 0 Å². The maximum absolute atomic E-state index is 10.1. The van der Waals surface area contributed by atoms with Crippen molar-refractivity contribution in [2.45, 2.75) is 25.9 Å². The van der Waals surface area contributed by atoms with Gasteiger partial charge in [-0.05, 0) is 31.0 Å². The Hall–Kier alpha value is -1.02. The fourth-order valence-electron chi connectivity index (χ4n) is 1.32. The molecule has 1 aromatic carbocycles. The average Bonchev–Trinajstić information content (AvgIpc) is 2.18. The first-order valence-corrected chi connectivity index (χ1v) is 4.97. The van der Waals surface area contributed by atoms with Crippen LogP contribution in [-0.4, -0.2) is 19.2 Å². The third-order valence-electron chi connectivity index (χ3n) is 2.67. The summed E-state index contributed by atoms with van der Waals surface area (Å²) in [6.07, 6.45) is 0.726. The highest BCUT2D eigenvalue weighted by atomic mass is 16.3. The Balaban J connectivity index is 3.05. The summed E-state index contributed by atoms with van der Waals surface area (Å²) in [5.41, 5.74) is 1.38. The van der Waals surface area contributed by atoms with Gasteiger partial charge in [-0.1, -0.05) is 19.1 Å². The monoisotopic (exact) mass is 193 g/mol. The Bertz CT molecular complexity index is 305. The maximum Gasteiger partial charge on any atom is 0.0866 e. The van der Waals surface area contributed by atoms with Crippen molar-refractivity contribution < 1.29 is 5.11 Å². The minimum absolute atomic E-state index is 0.716. The van der Waals surface area contributed by atoms with Crippen LogP contribution in [0.15, 0.2) is 24.3 Å². The lowest BCUT2D eigenvalue weighted by atomic mass is 9.93. The van der Waals surface area contributed by atoms with Crippen molar-refractivity contribution in [2.24, 2.45) is 0 Å². The van der Waals surface area contributed by atoms with E-state index in [9.17, 15) is 5.11 Å². The first kappa shape index (κ1) is 11.1. The Labute approximate surface area is 86.2 Å². The van der Waals surface area contributed by atoms with Gasteiger partial charge in [0.15, 0.2) is 0 Å². The molecule has 0 saturated heterocycles. The van der Waals surface area contributed by atoms with Crippen molar-refractivity contribution >= 4 is 5.69 Å². The van der Waals surface area contributed by atoms with E-state index in [1.54, 1.807) is 0 Å². The molecule has 0 bridgehead atoms. The first-order chi connectivity index (χ1) is 6.47. The lowest BCUT2D eigenvalue weighted by Crippen LogP contribution is -2.20. The summed E-state index contributed by atoms with van der Waals surface area (Å²) in [6.45, 7) is 3.84. The lowest BCUT2D eigenvalue weighted by molar-refractivity contribution is 0.0531. The van der Waals surface area contributed by atoms with E-state index < -0.39 is 5.60 Å². The Morgan fingerprint density at radius 3 is 2.50 bits per heavy atom. The molecule has 0 saturated carbocycles. The molecule has 14 heavy (non-hydrogen) atoms. The van der Waals surface area contributed by atoms with Gasteiger partial charge in [0.2, 0.25) is 0 Å². The van der Waals surface area contributed by atoms with Crippen molar-refractivity contribution in [2.75, 3.05) is 19.0 Å². The largest absolute Gasteiger partial charge is 0.385 e. The van der Waals surface area contributed by atoms with Crippen LogP contribution in [0, 0.1) is 0 Å². The molecule has 0 aromatic heterocycles. The summed E-state index contributed by atoms with van der Waals surface area (Å²) in [5, 5.41) is 10.1. The molecule has 1 aromatic rings. The van der Waals surface area contributed by atoms with Gasteiger partial charge >= 0.3 is 0 Å². The van der Waals surface area contributed by atoms with Gasteiger partial charge in [0.05, 0.1) is 5.60 Å². The van der Waals surface area contributed by atoms with Crippen LogP contribution in [-0.2, 0) is 5.60 Å². The molecular formula is C12H19NO. The van der Waals surface area contributed by atoms with Crippen molar-refractivity contribution in [3.63, 3.8) is 0 Å². The summed E-state index contributed by atoms with van der Waals surface area (Å²) in [4.78, 5) is 2.04. The molecular weight excluding hydrogens is 174 g/mol. The average molecular weight is 193 g/mol. The second kappa shape index (κ2) is 4.01. The molecule has 1 atom stereocenters. The summed E-state index contributed by atoms with van der Waals surface area (Å²) < 4.78 is 0. The first-order valence-electron chi connectivity index (χ1n) is 4.97. The molecule has 0 unspecified atom stereocenters. The lowest BCUT2D eigenvalue weighted by Gasteiger charge is -2.23. The zero-order valence-electron chi connectivity index (χ0n) is 9.41. The molecule has 1 N–H and O–H groups in total. The molecule has 0 aliphatic heterocycles. The van der Waals surface area contributed by atoms with Gasteiger partial charge in [-0.2, -0.15) is 0 Å². The van der Waals surface area contributed by atoms with Crippen LogP contribution in [0.3, 0.4) is 0 Å². The summed E-state index contributed by atoms with van der Waals surface area (Å²) in [5.74, 6) is 0. The van der Waals surface area contributed by atoms with E-state index in [2.05, 4.69) is 0 Å². The highest BCUT2D eigenvalue weighted by Crippen LogP contribution is 2.26. The minimum Gasteiger partial charge on any atom is -0.385 e. The number of aliphatic hydroxyl groups is 1. The van der Waals surface area contributed by atoms with Gasteiger partial charge in [-0.25, -0.2) is 0 Å². The molecule has 0 spiro atoms. The topological polar surface area (TPSA) is 23.5 Å². The predicted octanol–water partition coefficient (Wildman–Crippen LogP) is 2.37. The molecule has 0 aliphatic rings. The highest BCUT2D eigenvalue weighted by molar-refractivity contribution is 5.48. The normalized spacial score (nSPS) is 14.9. The summed E-state index contributed by atoms with van der Waals surface area (Å²) >= 11 is 0. The van der Waals surface area contributed by atoms with Gasteiger partial charge in [0.25, 0.3) is 0 Å². The van der Waals surface area contributed by atoms with Crippen LogP contribution in [0.1, 0.15) is 25.8 Å². The van der Waals surface area contributed by atoms with Crippen molar-refractivity contribution in [1.29, 1.82) is 0 Å². The number of rotatable bonds is 3. The van der Waals surface area contributed by atoms with E-state index in [1.807, 2.05) is 57.1 Å². The Morgan fingerprint density at radius 1 is 1.36 bits per heavy atom. The zero-order valence-corrected chi connectivity index (χ0v) is 9.41. The van der Waals surface area contributed by atoms with E-state index in [4.69, 9.17) is 0 Å². The maximum atomic E-state index is 10.1. The molecule has 0 aliphatic carbocycles. The number of benzene rings is 1. The molecule has 78 valence electrons. The van der Waals surface area contributed by atoms with Gasteiger partial charge in [0.1, 0.15) is 0 Å². The third kappa shape index (κ3) is 2.26. The standard InChI is InChI=1S/C12H19NO/c1-5-12(2,14)10-7-6-8-11(9-10)13(3)4/h6-9,14H,5H2,1-4H3/t12-/m1/s1. The van der Waals surface area contributed by atoms with Crippen molar-refractivity contribution in [3.05, 3.63) is 29.8 Å². The summed E-state index contributed by atoms with van der Waals surface area (Å²) in [7, 11) is 4.00. The summed E-state index contributed by atoms with van der Waals surface area (Å²) in [6, 6.07) is 8.02.